The zero-order valence-electron chi connectivity index (χ0n) is 22.5. The zero-order chi connectivity index (χ0) is 28.0. The lowest BCUT2D eigenvalue weighted by Crippen LogP contribution is -2.38. The molecular formula is C32H29F2N5O. The zero-order valence-corrected chi connectivity index (χ0v) is 22.5. The largest absolute Gasteiger partial charge is 0.323 e. The van der Waals surface area contributed by atoms with Crippen molar-refractivity contribution in [1.29, 1.82) is 0 Å². The predicted molar refractivity (Wildman–Crippen MR) is 151 cm³/mol. The van der Waals surface area contributed by atoms with Crippen LogP contribution in [0, 0.1) is 18.6 Å². The number of carbonyl (C=O) groups is 1. The normalized spacial score (nSPS) is 14.6. The average Bonchev–Trinajstić information content (AvgIpc) is 3.51. The highest BCUT2D eigenvalue weighted by molar-refractivity contribution is 5.90. The van der Waals surface area contributed by atoms with Crippen LogP contribution in [0.3, 0.4) is 0 Å². The van der Waals surface area contributed by atoms with E-state index in [9.17, 15) is 13.6 Å². The molecule has 6 nitrogen and oxygen atoms in total. The molecule has 2 aromatic heterocycles. The van der Waals surface area contributed by atoms with Gasteiger partial charge in [-0.2, -0.15) is 5.10 Å². The van der Waals surface area contributed by atoms with Gasteiger partial charge in [0, 0.05) is 17.8 Å². The van der Waals surface area contributed by atoms with Gasteiger partial charge in [0.05, 0.1) is 35.3 Å². The van der Waals surface area contributed by atoms with Crippen LogP contribution < -0.4 is 5.32 Å². The first-order valence-electron chi connectivity index (χ1n) is 13.3. The molecular weight excluding hydrogens is 508 g/mol. The minimum atomic E-state index is -0.835. The van der Waals surface area contributed by atoms with Crippen molar-refractivity contribution in [3.05, 3.63) is 131 Å². The van der Waals surface area contributed by atoms with E-state index in [-0.39, 0.29) is 12.2 Å². The van der Waals surface area contributed by atoms with Gasteiger partial charge in [-0.15, -0.1) is 0 Å². The van der Waals surface area contributed by atoms with Crippen LogP contribution in [-0.2, 0) is 6.54 Å². The molecule has 3 heterocycles. The smallest absolute Gasteiger partial charge is 0.307 e. The van der Waals surface area contributed by atoms with Gasteiger partial charge in [0.1, 0.15) is 17.5 Å². The number of nitrogens with zero attached hydrogens (tertiary/aromatic N) is 4. The summed E-state index contributed by atoms with van der Waals surface area (Å²) in [6.45, 7) is 6.42. The minimum absolute atomic E-state index is 0.0862. The standard InChI is InChI=1S/C32H29F2N5O/c1-20(2)22-11-13-23(14-12-22)30-29-10-7-17-37(29)31-26(21(3)36-39(31)25-8-5-4-6-9-25)19-38(30)32(40)35-28-16-15-24(33)18-27(28)34/h4-18,20,30H,19H2,1-3H3,(H,35,40)/t30-/m0/s1. The number of halogens is 2. The molecule has 0 fully saturated rings. The number of nitrogens with one attached hydrogen (secondary N) is 1. The Morgan fingerprint density at radius 1 is 0.975 bits per heavy atom. The van der Waals surface area contributed by atoms with E-state index in [0.29, 0.717) is 5.92 Å². The van der Waals surface area contributed by atoms with Crippen molar-refractivity contribution in [2.24, 2.45) is 0 Å². The van der Waals surface area contributed by atoms with Crippen LogP contribution in [0.1, 0.15) is 53.9 Å². The third-order valence-corrected chi connectivity index (χ3v) is 7.44. The number of anilines is 1. The van der Waals surface area contributed by atoms with E-state index >= 15 is 0 Å². The van der Waals surface area contributed by atoms with E-state index < -0.39 is 23.7 Å². The van der Waals surface area contributed by atoms with Gasteiger partial charge in [-0.3, -0.25) is 0 Å². The first-order chi connectivity index (χ1) is 19.3. The predicted octanol–water partition coefficient (Wildman–Crippen LogP) is 7.51. The van der Waals surface area contributed by atoms with Crippen LogP contribution in [0.25, 0.3) is 11.5 Å². The molecule has 0 saturated carbocycles. The molecule has 6 rings (SSSR count). The molecule has 0 spiro atoms. The van der Waals surface area contributed by atoms with Crippen molar-refractivity contribution in [2.75, 3.05) is 5.32 Å². The fourth-order valence-electron chi connectivity index (χ4n) is 5.34. The maximum atomic E-state index is 14.6. The molecule has 0 bridgehead atoms. The Bertz CT molecular complexity index is 1690. The summed E-state index contributed by atoms with van der Waals surface area (Å²) < 4.78 is 32.1. The van der Waals surface area contributed by atoms with Gasteiger partial charge < -0.3 is 14.8 Å². The molecule has 1 N–H and O–H groups in total. The average molecular weight is 538 g/mol. The highest BCUT2D eigenvalue weighted by atomic mass is 19.1. The topological polar surface area (TPSA) is 55.1 Å². The van der Waals surface area contributed by atoms with Crippen LogP contribution in [0.2, 0.25) is 0 Å². The lowest BCUT2D eigenvalue weighted by Gasteiger charge is -2.31. The summed E-state index contributed by atoms with van der Waals surface area (Å²) in [4.78, 5) is 15.7. The van der Waals surface area contributed by atoms with E-state index in [0.717, 1.165) is 46.2 Å². The van der Waals surface area contributed by atoms with Gasteiger partial charge in [-0.1, -0.05) is 56.3 Å². The van der Waals surface area contributed by atoms with Gasteiger partial charge in [0.15, 0.2) is 0 Å². The fourth-order valence-corrected chi connectivity index (χ4v) is 5.34. The molecule has 202 valence electrons. The summed E-state index contributed by atoms with van der Waals surface area (Å²) >= 11 is 0. The van der Waals surface area contributed by atoms with Crippen molar-refractivity contribution >= 4 is 11.7 Å². The molecule has 3 aromatic carbocycles. The molecule has 1 aliphatic rings. The van der Waals surface area contributed by atoms with Gasteiger partial charge in [0.25, 0.3) is 0 Å². The van der Waals surface area contributed by atoms with E-state index in [1.165, 1.54) is 11.6 Å². The molecule has 0 unspecified atom stereocenters. The number of hydrogen-bond donors (Lipinski definition) is 1. The van der Waals surface area contributed by atoms with Crippen LogP contribution >= 0.6 is 0 Å². The van der Waals surface area contributed by atoms with E-state index in [1.54, 1.807) is 4.90 Å². The Hall–Kier alpha value is -4.72. The highest BCUT2D eigenvalue weighted by Gasteiger charge is 2.36. The van der Waals surface area contributed by atoms with E-state index in [4.69, 9.17) is 5.10 Å². The molecule has 0 radical (unpaired) electrons. The number of urea groups is 1. The third kappa shape index (κ3) is 4.45. The Morgan fingerprint density at radius 3 is 2.42 bits per heavy atom. The monoisotopic (exact) mass is 537 g/mol. The second kappa shape index (κ2) is 10.1. The van der Waals surface area contributed by atoms with E-state index in [1.807, 2.05) is 72.4 Å². The molecule has 2 amide bonds. The maximum Gasteiger partial charge on any atom is 0.323 e. The summed E-state index contributed by atoms with van der Waals surface area (Å²) in [5.41, 5.74) is 5.44. The number of aryl methyl sites for hydroxylation is 1. The summed E-state index contributed by atoms with van der Waals surface area (Å²) in [5, 5.41) is 7.53. The van der Waals surface area contributed by atoms with Crippen molar-refractivity contribution in [3.63, 3.8) is 0 Å². The molecule has 0 saturated heterocycles. The highest BCUT2D eigenvalue weighted by Crippen LogP contribution is 2.39. The molecule has 5 aromatic rings. The Labute approximate surface area is 231 Å². The lowest BCUT2D eigenvalue weighted by atomic mass is 9.97. The first-order valence-corrected chi connectivity index (χ1v) is 13.3. The SMILES string of the molecule is Cc1nn(-c2ccccc2)c2c1CN(C(=O)Nc1ccc(F)cc1F)[C@@H](c1ccc(C(C)C)cc1)c1cccn1-2. The summed E-state index contributed by atoms with van der Waals surface area (Å²) in [6, 6.07) is 24.2. The second-order valence-corrected chi connectivity index (χ2v) is 10.3. The summed E-state index contributed by atoms with van der Waals surface area (Å²) in [5.74, 6) is -0.342. The number of fused-ring (bicyclic) bond motifs is 3. The maximum absolute atomic E-state index is 14.6. The minimum Gasteiger partial charge on any atom is -0.307 e. The van der Waals surface area contributed by atoms with Crippen molar-refractivity contribution in [2.45, 2.75) is 39.3 Å². The first kappa shape index (κ1) is 25.6. The number of benzene rings is 3. The molecule has 1 atom stereocenters. The number of carbonyl (C=O) groups excluding carboxylic acids is 1. The fraction of sp³-hybridized carbons (Fsp3) is 0.188. The number of aromatic nitrogens is 3. The molecule has 8 heteroatoms. The van der Waals surface area contributed by atoms with Crippen LogP contribution in [0.15, 0.2) is 91.1 Å². The van der Waals surface area contributed by atoms with Crippen LogP contribution in [-0.4, -0.2) is 25.3 Å². The number of para-hydroxylation sites is 1. The number of amides is 2. The Kier molecular flexibility index (Phi) is 6.46. The third-order valence-electron chi connectivity index (χ3n) is 7.44. The number of rotatable bonds is 4. The summed E-state index contributed by atoms with van der Waals surface area (Å²) in [6.07, 6.45) is 1.98. The van der Waals surface area contributed by atoms with Crippen molar-refractivity contribution in [3.8, 4) is 11.5 Å². The molecule has 1 aliphatic heterocycles. The summed E-state index contributed by atoms with van der Waals surface area (Å²) in [7, 11) is 0. The Morgan fingerprint density at radius 2 is 1.73 bits per heavy atom. The van der Waals surface area contributed by atoms with Gasteiger partial charge >= 0.3 is 6.03 Å². The number of hydrogen-bond acceptors (Lipinski definition) is 2. The lowest BCUT2D eigenvalue weighted by molar-refractivity contribution is 0.194. The van der Waals surface area contributed by atoms with E-state index in [2.05, 4.69) is 35.9 Å². The van der Waals surface area contributed by atoms with Gasteiger partial charge in [-0.25, -0.2) is 18.3 Å². The second-order valence-electron chi connectivity index (χ2n) is 10.3. The van der Waals surface area contributed by atoms with Crippen molar-refractivity contribution < 1.29 is 13.6 Å². The molecule has 0 aliphatic carbocycles. The Balaban J connectivity index is 1.52. The van der Waals surface area contributed by atoms with Crippen molar-refractivity contribution in [1.82, 2.24) is 19.2 Å². The van der Waals surface area contributed by atoms with Gasteiger partial charge in [0.2, 0.25) is 0 Å². The van der Waals surface area contributed by atoms with Crippen LogP contribution in [0.4, 0.5) is 19.3 Å². The van der Waals surface area contributed by atoms with Crippen LogP contribution in [0.5, 0.6) is 0 Å². The quantitative estimate of drug-likeness (QED) is 0.258. The molecule has 40 heavy (non-hydrogen) atoms. The van der Waals surface area contributed by atoms with Gasteiger partial charge in [-0.05, 0) is 60.4 Å².